The Morgan fingerprint density at radius 2 is 1.50 bits per heavy atom. The first-order valence-electron chi connectivity index (χ1n) is 9.47. The highest BCUT2D eigenvalue weighted by molar-refractivity contribution is 5.93. The molecule has 6 heteroatoms. The van der Waals surface area contributed by atoms with Crippen molar-refractivity contribution >= 4 is 17.4 Å². The van der Waals surface area contributed by atoms with E-state index in [0.717, 1.165) is 57.9 Å². The Balaban J connectivity index is 1.42. The second-order valence-corrected chi connectivity index (χ2v) is 6.92. The Labute approximate surface area is 154 Å². The van der Waals surface area contributed by atoms with Gasteiger partial charge < -0.3 is 14.7 Å². The minimum atomic E-state index is 0.0382. The molecule has 1 aromatic carbocycles. The van der Waals surface area contributed by atoms with Crippen LogP contribution in [0, 0.1) is 0 Å². The molecule has 4 rings (SSSR count). The third-order valence-corrected chi connectivity index (χ3v) is 5.24. The second kappa shape index (κ2) is 7.72. The van der Waals surface area contributed by atoms with Crippen LogP contribution in [0.2, 0.25) is 0 Å². The van der Waals surface area contributed by atoms with E-state index in [9.17, 15) is 4.79 Å². The van der Waals surface area contributed by atoms with Crippen LogP contribution in [0.3, 0.4) is 0 Å². The highest BCUT2D eigenvalue weighted by Crippen LogP contribution is 2.20. The maximum atomic E-state index is 12.7. The molecule has 2 aliphatic rings. The van der Waals surface area contributed by atoms with E-state index in [0.29, 0.717) is 5.69 Å². The molecule has 0 N–H and O–H groups in total. The van der Waals surface area contributed by atoms with Gasteiger partial charge in [0.2, 0.25) is 0 Å². The molecule has 2 aliphatic heterocycles. The lowest BCUT2D eigenvalue weighted by molar-refractivity contribution is 0.0718. The van der Waals surface area contributed by atoms with Gasteiger partial charge in [-0.05, 0) is 31.4 Å². The van der Waals surface area contributed by atoms with Gasteiger partial charge in [0.15, 0.2) is 0 Å². The number of hydrogen-bond acceptors (Lipinski definition) is 5. The Bertz CT molecular complexity index is 737. The molecule has 0 spiro atoms. The number of carbonyl (C=O) groups excluding carboxylic acids is 1. The summed E-state index contributed by atoms with van der Waals surface area (Å²) in [5.41, 5.74) is 1.78. The number of benzene rings is 1. The quantitative estimate of drug-likeness (QED) is 0.850. The molecule has 0 aliphatic carbocycles. The molecular formula is C20H25N5O. The van der Waals surface area contributed by atoms with Gasteiger partial charge in [0.25, 0.3) is 5.91 Å². The monoisotopic (exact) mass is 351 g/mol. The fraction of sp³-hybridized carbons (Fsp3) is 0.450. The summed E-state index contributed by atoms with van der Waals surface area (Å²) in [6.07, 6.45) is 4.91. The zero-order valence-corrected chi connectivity index (χ0v) is 15.0. The molecular weight excluding hydrogens is 326 g/mol. The molecule has 136 valence electrons. The number of anilines is 2. The Morgan fingerprint density at radius 3 is 2.23 bits per heavy atom. The number of aromatic nitrogens is 2. The van der Waals surface area contributed by atoms with Crippen LogP contribution in [0.4, 0.5) is 11.5 Å². The summed E-state index contributed by atoms with van der Waals surface area (Å²) in [7, 11) is 0. The summed E-state index contributed by atoms with van der Waals surface area (Å²) < 4.78 is 0. The van der Waals surface area contributed by atoms with E-state index in [-0.39, 0.29) is 5.91 Å². The number of carbonyl (C=O) groups is 1. The van der Waals surface area contributed by atoms with E-state index in [4.69, 9.17) is 0 Å². The summed E-state index contributed by atoms with van der Waals surface area (Å²) in [5.74, 6) is 0.893. The van der Waals surface area contributed by atoms with Crippen molar-refractivity contribution in [3.05, 3.63) is 48.4 Å². The third-order valence-electron chi connectivity index (χ3n) is 5.24. The van der Waals surface area contributed by atoms with Crippen LogP contribution in [0.25, 0.3) is 0 Å². The van der Waals surface area contributed by atoms with E-state index in [1.54, 1.807) is 0 Å². The number of likely N-dealkylation sites (tertiary alicyclic amines) is 1. The summed E-state index contributed by atoms with van der Waals surface area (Å²) in [4.78, 5) is 27.9. The normalized spacial score (nSPS) is 18.1. The third kappa shape index (κ3) is 3.64. The maximum absolute atomic E-state index is 12.7. The summed E-state index contributed by atoms with van der Waals surface area (Å²) in [5, 5.41) is 0. The fourth-order valence-corrected chi connectivity index (χ4v) is 3.73. The van der Waals surface area contributed by atoms with Gasteiger partial charge in [0, 0.05) is 51.0 Å². The van der Waals surface area contributed by atoms with Crippen LogP contribution in [-0.4, -0.2) is 60.0 Å². The fourth-order valence-electron chi connectivity index (χ4n) is 3.73. The molecule has 6 nitrogen and oxygen atoms in total. The zero-order chi connectivity index (χ0) is 17.8. The average molecular weight is 351 g/mol. The Kier molecular flexibility index (Phi) is 5.00. The highest BCUT2D eigenvalue weighted by atomic mass is 16.2. The molecule has 2 saturated heterocycles. The maximum Gasteiger partial charge on any atom is 0.272 e. The summed E-state index contributed by atoms with van der Waals surface area (Å²) >= 11 is 0. The molecule has 0 unspecified atom stereocenters. The van der Waals surface area contributed by atoms with Crippen LogP contribution in [0.15, 0.2) is 42.7 Å². The molecule has 0 saturated carbocycles. The predicted molar refractivity (Wildman–Crippen MR) is 103 cm³/mol. The molecule has 3 heterocycles. The highest BCUT2D eigenvalue weighted by Gasteiger charge is 2.22. The number of piperidine rings is 1. The SMILES string of the molecule is O=C(c1cc(N2CCN(c3ccccc3)CC2)ncn1)N1CCCCC1. The van der Waals surface area contributed by atoms with Crippen molar-refractivity contribution in [1.29, 1.82) is 0 Å². The van der Waals surface area contributed by atoms with Gasteiger partial charge in [-0.15, -0.1) is 0 Å². The van der Waals surface area contributed by atoms with Crippen molar-refractivity contribution in [2.75, 3.05) is 49.1 Å². The Morgan fingerprint density at radius 1 is 0.808 bits per heavy atom. The van der Waals surface area contributed by atoms with Crippen molar-refractivity contribution in [1.82, 2.24) is 14.9 Å². The molecule has 0 atom stereocenters. The van der Waals surface area contributed by atoms with Crippen molar-refractivity contribution in [2.24, 2.45) is 0 Å². The number of rotatable bonds is 3. The van der Waals surface area contributed by atoms with Gasteiger partial charge in [-0.1, -0.05) is 18.2 Å². The van der Waals surface area contributed by atoms with Gasteiger partial charge in [-0.2, -0.15) is 0 Å². The molecule has 1 aromatic heterocycles. The molecule has 2 fully saturated rings. The van der Waals surface area contributed by atoms with Crippen LogP contribution >= 0.6 is 0 Å². The molecule has 1 amide bonds. The van der Waals surface area contributed by atoms with E-state index in [1.165, 1.54) is 18.4 Å². The number of amides is 1. The van der Waals surface area contributed by atoms with E-state index < -0.39 is 0 Å². The first-order chi connectivity index (χ1) is 12.8. The lowest BCUT2D eigenvalue weighted by atomic mass is 10.1. The van der Waals surface area contributed by atoms with Gasteiger partial charge in [0.1, 0.15) is 17.8 Å². The zero-order valence-electron chi connectivity index (χ0n) is 15.0. The number of nitrogens with zero attached hydrogens (tertiary/aromatic N) is 5. The number of para-hydroxylation sites is 1. The first kappa shape index (κ1) is 16.8. The van der Waals surface area contributed by atoms with Gasteiger partial charge in [0.05, 0.1) is 0 Å². The van der Waals surface area contributed by atoms with E-state index in [1.807, 2.05) is 17.0 Å². The number of hydrogen-bond donors (Lipinski definition) is 0. The van der Waals surface area contributed by atoms with Crippen LogP contribution in [0.1, 0.15) is 29.8 Å². The van der Waals surface area contributed by atoms with Crippen LogP contribution < -0.4 is 9.80 Å². The lowest BCUT2D eigenvalue weighted by Gasteiger charge is -2.36. The van der Waals surface area contributed by atoms with Crippen molar-refractivity contribution in [2.45, 2.75) is 19.3 Å². The largest absolute Gasteiger partial charge is 0.368 e. The topological polar surface area (TPSA) is 52.6 Å². The van der Waals surface area contributed by atoms with E-state index >= 15 is 0 Å². The van der Waals surface area contributed by atoms with Gasteiger partial charge >= 0.3 is 0 Å². The molecule has 26 heavy (non-hydrogen) atoms. The van der Waals surface area contributed by atoms with E-state index in [2.05, 4.69) is 44.0 Å². The molecule has 0 radical (unpaired) electrons. The second-order valence-electron chi connectivity index (χ2n) is 6.92. The minimum absolute atomic E-state index is 0.0382. The lowest BCUT2D eigenvalue weighted by Crippen LogP contribution is -2.47. The van der Waals surface area contributed by atoms with Crippen LogP contribution in [-0.2, 0) is 0 Å². The summed E-state index contributed by atoms with van der Waals surface area (Å²) in [6.45, 7) is 5.36. The summed E-state index contributed by atoms with van der Waals surface area (Å²) in [6, 6.07) is 12.3. The smallest absolute Gasteiger partial charge is 0.272 e. The van der Waals surface area contributed by atoms with Crippen molar-refractivity contribution in [3.63, 3.8) is 0 Å². The molecule has 2 aromatic rings. The first-order valence-corrected chi connectivity index (χ1v) is 9.47. The van der Waals surface area contributed by atoms with Gasteiger partial charge in [-0.3, -0.25) is 4.79 Å². The van der Waals surface area contributed by atoms with Crippen molar-refractivity contribution < 1.29 is 4.79 Å². The van der Waals surface area contributed by atoms with Gasteiger partial charge in [-0.25, -0.2) is 9.97 Å². The Hall–Kier alpha value is -2.63. The van der Waals surface area contributed by atoms with Crippen molar-refractivity contribution in [3.8, 4) is 0 Å². The average Bonchev–Trinajstić information content (AvgIpc) is 2.75. The molecule has 0 bridgehead atoms. The minimum Gasteiger partial charge on any atom is -0.368 e. The number of piperazine rings is 1. The predicted octanol–water partition coefficient (Wildman–Crippen LogP) is 2.43. The van der Waals surface area contributed by atoms with Crippen LogP contribution in [0.5, 0.6) is 0 Å². The standard InChI is InChI=1S/C20H25N5O/c26-20(25-9-5-2-6-10-25)18-15-19(22-16-21-18)24-13-11-23(12-14-24)17-7-3-1-4-8-17/h1,3-4,7-8,15-16H,2,5-6,9-14H2.